The number of aliphatic hydroxyl groups excluding tert-OH is 2. The average Bonchev–Trinajstić information content (AvgIpc) is 2.84. The number of halogens is 1. The summed E-state index contributed by atoms with van der Waals surface area (Å²) >= 11 is 0. The van der Waals surface area contributed by atoms with Crippen LogP contribution in [0.4, 0.5) is 15.8 Å². The zero-order valence-electron chi connectivity index (χ0n) is 21.5. The number of anilines is 2. The molecule has 0 fully saturated rings. The number of benzene rings is 1. The second-order valence-electron chi connectivity index (χ2n) is 9.66. The van der Waals surface area contributed by atoms with Crippen molar-refractivity contribution in [3.05, 3.63) is 36.3 Å². The number of hydrogen-bond donors (Lipinski definition) is 4. The number of rotatable bonds is 18. The molecule has 0 spiro atoms. The molecule has 6 nitrogen and oxygen atoms in total. The lowest BCUT2D eigenvalue weighted by Crippen LogP contribution is -2.52. The molecule has 198 valence electrons. The van der Waals surface area contributed by atoms with Gasteiger partial charge in [-0.1, -0.05) is 96.8 Å². The molecule has 1 aromatic rings. The summed E-state index contributed by atoms with van der Waals surface area (Å²) in [5.74, 6) is -0.794. The predicted octanol–water partition coefficient (Wildman–Crippen LogP) is 6.70. The Morgan fingerprint density at radius 3 is 1.86 bits per heavy atom. The van der Waals surface area contributed by atoms with Crippen molar-refractivity contribution >= 4 is 17.3 Å². The van der Waals surface area contributed by atoms with Gasteiger partial charge in [-0.05, 0) is 30.7 Å². The average molecular weight is 492 g/mol. The summed E-state index contributed by atoms with van der Waals surface area (Å²) in [6, 6.07) is 6.78. The van der Waals surface area contributed by atoms with Crippen molar-refractivity contribution in [3.63, 3.8) is 0 Å². The van der Waals surface area contributed by atoms with Gasteiger partial charge in [0.15, 0.2) is 18.4 Å². The molecule has 1 aliphatic heterocycles. The van der Waals surface area contributed by atoms with E-state index in [1.165, 1.54) is 88.4 Å². The second kappa shape index (κ2) is 17.5. The number of aliphatic hydroxyl groups is 2. The van der Waals surface area contributed by atoms with Crippen molar-refractivity contribution in [2.45, 2.75) is 122 Å². The van der Waals surface area contributed by atoms with E-state index in [0.717, 1.165) is 19.0 Å². The first-order valence-electron chi connectivity index (χ1n) is 13.7. The van der Waals surface area contributed by atoms with E-state index in [-0.39, 0.29) is 5.91 Å². The molecule has 2 rings (SSSR count). The minimum atomic E-state index is -1.51. The quantitative estimate of drug-likeness (QED) is 0.172. The highest BCUT2D eigenvalue weighted by Crippen LogP contribution is 2.24. The molecular weight excluding hydrogens is 445 g/mol. The topological polar surface area (TPSA) is 84.8 Å². The van der Waals surface area contributed by atoms with Gasteiger partial charge in [0.25, 0.3) is 0 Å². The summed E-state index contributed by atoms with van der Waals surface area (Å²) in [6.45, 7) is 2.26. The molecule has 0 radical (unpaired) electrons. The maximum Gasteiger partial charge on any atom is 0.224 e. The van der Waals surface area contributed by atoms with Gasteiger partial charge in [0, 0.05) is 24.0 Å². The molecule has 7 heteroatoms. The van der Waals surface area contributed by atoms with Gasteiger partial charge in [-0.2, -0.15) is 0 Å². The summed E-state index contributed by atoms with van der Waals surface area (Å²) < 4.78 is 13.6. The van der Waals surface area contributed by atoms with E-state index in [0.29, 0.717) is 17.8 Å². The van der Waals surface area contributed by atoms with Gasteiger partial charge in [0.2, 0.25) is 5.91 Å². The number of carbonyl (C=O) groups is 1. The van der Waals surface area contributed by atoms with Gasteiger partial charge >= 0.3 is 0 Å². The van der Waals surface area contributed by atoms with E-state index in [9.17, 15) is 19.4 Å². The Kier molecular flexibility index (Phi) is 14.6. The van der Waals surface area contributed by atoms with Gasteiger partial charge < -0.3 is 20.4 Å². The number of hydrogen-bond acceptors (Lipinski definition) is 5. The summed E-state index contributed by atoms with van der Waals surface area (Å²) in [7, 11) is 0. The zero-order chi connectivity index (χ0) is 25.3. The molecule has 0 bridgehead atoms. The molecule has 35 heavy (non-hydrogen) atoms. The van der Waals surface area contributed by atoms with Crippen LogP contribution >= 0.6 is 0 Å². The van der Waals surface area contributed by atoms with Crippen LogP contribution in [0.3, 0.4) is 0 Å². The van der Waals surface area contributed by atoms with Gasteiger partial charge in [0.1, 0.15) is 0 Å². The summed E-state index contributed by atoms with van der Waals surface area (Å²) in [5, 5.41) is 24.5. The normalized spacial score (nSPS) is 17.9. The number of amides is 1. The molecule has 0 saturated heterocycles. The Morgan fingerprint density at radius 1 is 0.857 bits per heavy atom. The van der Waals surface area contributed by atoms with Crippen molar-refractivity contribution in [1.29, 1.82) is 0 Å². The van der Waals surface area contributed by atoms with Crippen LogP contribution in [0.15, 0.2) is 36.3 Å². The molecule has 1 aromatic carbocycles. The standard InChI is InChI=1S/C28H46FN3O3/c1-2-3-4-5-6-7-8-9-10-11-12-13-14-15-16-17-26(33)30-23-18-20-24(21-19-23)32-22-25(29)27(34)31-28(32)35/h18-22,27-28,31,34-35H,2-17H2,1H3,(H,30,33). The zero-order valence-corrected chi connectivity index (χ0v) is 21.5. The molecule has 1 amide bonds. The molecule has 0 aromatic heterocycles. The molecule has 4 N–H and O–H groups in total. The van der Waals surface area contributed by atoms with Crippen LogP contribution in [0.5, 0.6) is 0 Å². The Labute approximate surface area is 211 Å². The third kappa shape index (κ3) is 12.0. The SMILES string of the molecule is CCCCCCCCCCCCCCCCCC(=O)Nc1ccc(N2C=C(F)C(O)NC2O)cc1. The van der Waals surface area contributed by atoms with Crippen molar-refractivity contribution in [1.82, 2.24) is 5.32 Å². The first-order chi connectivity index (χ1) is 17.0. The Morgan fingerprint density at radius 2 is 1.34 bits per heavy atom. The number of carbonyl (C=O) groups excluding carboxylic acids is 1. The first kappa shape index (κ1) is 29.3. The first-order valence-corrected chi connectivity index (χ1v) is 13.7. The Balaban J connectivity index is 1.48. The smallest absolute Gasteiger partial charge is 0.224 e. The number of nitrogens with one attached hydrogen (secondary N) is 2. The van der Waals surface area contributed by atoms with Gasteiger partial charge in [0.05, 0.1) is 0 Å². The third-order valence-electron chi connectivity index (χ3n) is 6.55. The van der Waals surface area contributed by atoms with Crippen LogP contribution in [-0.4, -0.2) is 28.7 Å². The van der Waals surface area contributed by atoms with Gasteiger partial charge in [-0.25, -0.2) is 9.71 Å². The van der Waals surface area contributed by atoms with Crippen LogP contribution < -0.4 is 15.5 Å². The van der Waals surface area contributed by atoms with Crippen molar-refractivity contribution in [3.8, 4) is 0 Å². The van der Waals surface area contributed by atoms with Crippen LogP contribution in [0.2, 0.25) is 0 Å². The molecule has 1 aliphatic rings. The van der Waals surface area contributed by atoms with Gasteiger partial charge in [-0.15, -0.1) is 0 Å². The summed E-state index contributed by atoms with van der Waals surface area (Å²) in [6.07, 6.45) is 18.3. The number of unbranched alkanes of at least 4 members (excludes halogenated alkanes) is 14. The largest absolute Gasteiger partial charge is 0.372 e. The number of nitrogens with zero attached hydrogens (tertiary/aromatic N) is 1. The maximum atomic E-state index is 13.6. The molecule has 2 atom stereocenters. The monoisotopic (exact) mass is 491 g/mol. The molecular formula is C28H46FN3O3. The van der Waals surface area contributed by atoms with E-state index in [2.05, 4.69) is 17.6 Å². The highest BCUT2D eigenvalue weighted by Gasteiger charge is 2.26. The molecule has 0 saturated carbocycles. The predicted molar refractivity (Wildman–Crippen MR) is 141 cm³/mol. The van der Waals surface area contributed by atoms with E-state index in [1.54, 1.807) is 24.3 Å². The summed E-state index contributed by atoms with van der Waals surface area (Å²) in [5.41, 5.74) is 1.19. The second-order valence-corrected chi connectivity index (χ2v) is 9.66. The van der Waals surface area contributed by atoms with Crippen LogP contribution in [0.25, 0.3) is 0 Å². The lowest BCUT2D eigenvalue weighted by atomic mass is 10.0. The van der Waals surface area contributed by atoms with Gasteiger partial charge in [-0.3, -0.25) is 4.79 Å². The molecule has 1 heterocycles. The lowest BCUT2D eigenvalue weighted by molar-refractivity contribution is -0.116. The van der Waals surface area contributed by atoms with E-state index >= 15 is 0 Å². The molecule has 2 unspecified atom stereocenters. The fourth-order valence-corrected chi connectivity index (χ4v) is 4.39. The summed E-state index contributed by atoms with van der Waals surface area (Å²) in [4.78, 5) is 13.5. The van der Waals surface area contributed by atoms with Crippen molar-refractivity contribution in [2.24, 2.45) is 0 Å². The maximum absolute atomic E-state index is 13.6. The third-order valence-corrected chi connectivity index (χ3v) is 6.55. The lowest BCUT2D eigenvalue weighted by Gasteiger charge is -2.33. The van der Waals surface area contributed by atoms with E-state index in [1.807, 2.05) is 0 Å². The minimum Gasteiger partial charge on any atom is -0.372 e. The van der Waals surface area contributed by atoms with Crippen molar-refractivity contribution in [2.75, 3.05) is 10.2 Å². The molecule has 0 aliphatic carbocycles. The Bertz CT molecular complexity index is 741. The van der Waals surface area contributed by atoms with Crippen molar-refractivity contribution < 1.29 is 19.4 Å². The van der Waals surface area contributed by atoms with Crippen LogP contribution in [-0.2, 0) is 4.79 Å². The van der Waals surface area contributed by atoms with E-state index < -0.39 is 18.4 Å². The highest BCUT2D eigenvalue weighted by atomic mass is 19.1. The van der Waals surface area contributed by atoms with E-state index in [4.69, 9.17) is 0 Å². The Hall–Kier alpha value is -1.96. The van der Waals surface area contributed by atoms with Crippen LogP contribution in [0, 0.1) is 0 Å². The minimum absolute atomic E-state index is 0.0128. The van der Waals surface area contributed by atoms with Crippen LogP contribution in [0.1, 0.15) is 110 Å². The highest BCUT2D eigenvalue weighted by molar-refractivity contribution is 5.90. The fourth-order valence-electron chi connectivity index (χ4n) is 4.39. The fraction of sp³-hybridized carbons (Fsp3) is 0.679.